The van der Waals surface area contributed by atoms with E-state index < -0.39 is 5.60 Å². The Morgan fingerprint density at radius 1 is 1.33 bits per heavy atom. The zero-order chi connectivity index (χ0) is 15.5. The zero-order valence-corrected chi connectivity index (χ0v) is 12.4. The molecule has 0 aliphatic carbocycles. The summed E-state index contributed by atoms with van der Waals surface area (Å²) in [6.45, 7) is 3.95. The van der Waals surface area contributed by atoms with E-state index in [1.54, 1.807) is 19.3 Å². The van der Waals surface area contributed by atoms with Crippen LogP contribution >= 0.6 is 0 Å². The molecule has 1 heterocycles. The number of hydrogen-bond donors (Lipinski definition) is 2. The van der Waals surface area contributed by atoms with Crippen LogP contribution in [0.5, 0.6) is 0 Å². The number of aliphatic hydroxyl groups excluding tert-OH is 1. The van der Waals surface area contributed by atoms with E-state index in [0.717, 1.165) is 5.56 Å². The van der Waals surface area contributed by atoms with Gasteiger partial charge >= 0.3 is 0 Å². The number of halogens is 1. The number of aliphatic hydroxyl groups is 2. The Hall–Kier alpha value is -1.72. The van der Waals surface area contributed by atoms with Crippen molar-refractivity contribution in [3.05, 3.63) is 42.0 Å². The molecular formula is C16H21FN2O2. The Kier molecular flexibility index (Phi) is 4.75. The average Bonchev–Trinajstić information content (AvgIpc) is 2.82. The number of aromatic nitrogens is 2. The van der Waals surface area contributed by atoms with Gasteiger partial charge in [0.15, 0.2) is 0 Å². The third kappa shape index (κ3) is 4.12. The first kappa shape index (κ1) is 15.7. The minimum absolute atomic E-state index is 0.0516. The predicted octanol–water partition coefficient (Wildman–Crippen LogP) is 2.52. The summed E-state index contributed by atoms with van der Waals surface area (Å²) in [7, 11) is 0. The van der Waals surface area contributed by atoms with Crippen molar-refractivity contribution in [2.75, 3.05) is 6.61 Å². The van der Waals surface area contributed by atoms with E-state index in [0.29, 0.717) is 30.8 Å². The van der Waals surface area contributed by atoms with Crippen LogP contribution in [0.1, 0.15) is 25.3 Å². The molecule has 0 fully saturated rings. The van der Waals surface area contributed by atoms with Gasteiger partial charge in [0, 0.05) is 24.6 Å². The summed E-state index contributed by atoms with van der Waals surface area (Å²) in [6.07, 6.45) is 4.43. The van der Waals surface area contributed by atoms with Gasteiger partial charge in [-0.3, -0.25) is 0 Å². The van der Waals surface area contributed by atoms with Crippen molar-refractivity contribution in [1.82, 2.24) is 9.55 Å². The quantitative estimate of drug-likeness (QED) is 0.860. The Morgan fingerprint density at radius 2 is 2.10 bits per heavy atom. The fourth-order valence-corrected chi connectivity index (χ4v) is 2.47. The van der Waals surface area contributed by atoms with E-state index >= 15 is 0 Å². The summed E-state index contributed by atoms with van der Waals surface area (Å²) in [4.78, 5) is 4.27. The van der Waals surface area contributed by atoms with Gasteiger partial charge in [0.25, 0.3) is 0 Å². The number of hydrogen-bond acceptors (Lipinski definition) is 3. The lowest BCUT2D eigenvalue weighted by molar-refractivity contribution is 0.0271. The summed E-state index contributed by atoms with van der Waals surface area (Å²) < 4.78 is 15.4. The minimum atomic E-state index is -0.944. The van der Waals surface area contributed by atoms with Gasteiger partial charge in [-0.1, -0.05) is 0 Å². The van der Waals surface area contributed by atoms with Crippen molar-refractivity contribution in [2.24, 2.45) is 0 Å². The van der Waals surface area contributed by atoms with Crippen molar-refractivity contribution >= 4 is 0 Å². The summed E-state index contributed by atoms with van der Waals surface area (Å²) in [5, 5.41) is 19.2. The van der Waals surface area contributed by atoms with E-state index in [1.165, 1.54) is 12.1 Å². The van der Waals surface area contributed by atoms with Crippen LogP contribution in [0.4, 0.5) is 4.39 Å². The molecule has 1 aromatic carbocycles. The number of imidazole rings is 1. The maximum atomic E-state index is 13.5. The highest BCUT2D eigenvalue weighted by atomic mass is 19.1. The van der Waals surface area contributed by atoms with Gasteiger partial charge in [-0.2, -0.15) is 0 Å². The SMILES string of the molecule is Cc1cc(F)cc(-c2nccn2C[C@](C)(O)CCCO)c1. The van der Waals surface area contributed by atoms with Gasteiger partial charge in [0.05, 0.1) is 12.1 Å². The number of benzene rings is 1. The van der Waals surface area contributed by atoms with Crippen LogP contribution in [-0.4, -0.2) is 32.0 Å². The highest BCUT2D eigenvalue weighted by molar-refractivity contribution is 5.57. The molecule has 2 aromatic rings. The topological polar surface area (TPSA) is 58.3 Å². The van der Waals surface area contributed by atoms with E-state index in [2.05, 4.69) is 4.98 Å². The molecule has 21 heavy (non-hydrogen) atoms. The molecule has 0 amide bonds. The summed E-state index contributed by atoms with van der Waals surface area (Å²) in [5.41, 5.74) is 0.572. The van der Waals surface area contributed by atoms with Crippen LogP contribution in [0, 0.1) is 12.7 Å². The first-order valence-electron chi connectivity index (χ1n) is 7.03. The maximum Gasteiger partial charge on any atom is 0.140 e. The molecule has 0 saturated heterocycles. The first-order chi connectivity index (χ1) is 9.91. The lowest BCUT2D eigenvalue weighted by Gasteiger charge is -2.24. The van der Waals surface area contributed by atoms with Crippen LogP contribution in [0.2, 0.25) is 0 Å². The van der Waals surface area contributed by atoms with E-state index in [1.807, 2.05) is 17.6 Å². The third-order valence-electron chi connectivity index (χ3n) is 3.40. The minimum Gasteiger partial charge on any atom is -0.396 e. The van der Waals surface area contributed by atoms with Crippen molar-refractivity contribution in [3.63, 3.8) is 0 Å². The molecule has 114 valence electrons. The second-order valence-corrected chi connectivity index (χ2v) is 5.72. The highest BCUT2D eigenvalue weighted by Gasteiger charge is 2.22. The van der Waals surface area contributed by atoms with Gasteiger partial charge in [0.1, 0.15) is 11.6 Å². The standard InChI is InChI=1S/C16H21FN2O2/c1-12-8-13(10-14(17)9-12)15-18-5-6-19(15)11-16(2,21)4-3-7-20/h5-6,8-10,20-21H,3-4,7,11H2,1-2H3/t16-/m1/s1. The Morgan fingerprint density at radius 3 is 2.76 bits per heavy atom. The molecule has 0 spiro atoms. The molecule has 0 saturated carbocycles. The molecular weight excluding hydrogens is 271 g/mol. The van der Waals surface area contributed by atoms with Gasteiger partial charge in [-0.15, -0.1) is 0 Å². The third-order valence-corrected chi connectivity index (χ3v) is 3.40. The summed E-state index contributed by atoms with van der Waals surface area (Å²) in [5.74, 6) is 0.327. The smallest absolute Gasteiger partial charge is 0.140 e. The van der Waals surface area contributed by atoms with Crippen molar-refractivity contribution in [1.29, 1.82) is 0 Å². The zero-order valence-electron chi connectivity index (χ0n) is 12.4. The maximum absolute atomic E-state index is 13.5. The molecule has 2 rings (SSSR count). The number of rotatable bonds is 6. The largest absolute Gasteiger partial charge is 0.396 e. The van der Waals surface area contributed by atoms with Crippen LogP contribution in [0.25, 0.3) is 11.4 Å². The van der Waals surface area contributed by atoms with Crippen LogP contribution in [0.3, 0.4) is 0 Å². The summed E-state index contributed by atoms with van der Waals surface area (Å²) in [6, 6.07) is 4.77. The molecule has 1 atom stereocenters. The Labute approximate surface area is 123 Å². The molecule has 0 radical (unpaired) electrons. The molecule has 5 heteroatoms. The lowest BCUT2D eigenvalue weighted by atomic mass is 10.00. The second kappa shape index (κ2) is 6.37. The molecule has 0 aliphatic rings. The Balaban J connectivity index is 2.26. The second-order valence-electron chi connectivity index (χ2n) is 5.72. The van der Waals surface area contributed by atoms with Crippen molar-refractivity contribution in [3.8, 4) is 11.4 Å². The monoisotopic (exact) mass is 292 g/mol. The Bertz CT molecular complexity index is 588. The van der Waals surface area contributed by atoms with Crippen molar-refractivity contribution in [2.45, 2.75) is 38.8 Å². The first-order valence-corrected chi connectivity index (χ1v) is 7.03. The average molecular weight is 292 g/mol. The van der Waals surface area contributed by atoms with Gasteiger partial charge in [0.2, 0.25) is 0 Å². The highest BCUT2D eigenvalue weighted by Crippen LogP contribution is 2.23. The van der Waals surface area contributed by atoms with Gasteiger partial charge < -0.3 is 14.8 Å². The van der Waals surface area contributed by atoms with Gasteiger partial charge in [-0.25, -0.2) is 9.37 Å². The van der Waals surface area contributed by atoms with E-state index in [-0.39, 0.29) is 12.4 Å². The van der Waals surface area contributed by atoms with E-state index in [9.17, 15) is 9.50 Å². The van der Waals surface area contributed by atoms with Crippen molar-refractivity contribution < 1.29 is 14.6 Å². The molecule has 4 nitrogen and oxygen atoms in total. The number of nitrogens with zero attached hydrogens (tertiary/aromatic N) is 2. The fraction of sp³-hybridized carbons (Fsp3) is 0.438. The fourth-order valence-electron chi connectivity index (χ4n) is 2.47. The summed E-state index contributed by atoms with van der Waals surface area (Å²) >= 11 is 0. The van der Waals surface area contributed by atoms with E-state index in [4.69, 9.17) is 5.11 Å². The van der Waals surface area contributed by atoms with Crippen LogP contribution in [0.15, 0.2) is 30.6 Å². The predicted molar refractivity (Wildman–Crippen MR) is 79.3 cm³/mol. The van der Waals surface area contributed by atoms with Crippen LogP contribution in [-0.2, 0) is 6.54 Å². The molecule has 0 bridgehead atoms. The van der Waals surface area contributed by atoms with Gasteiger partial charge in [-0.05, 0) is 50.5 Å². The lowest BCUT2D eigenvalue weighted by Crippen LogP contribution is -2.30. The molecule has 0 unspecified atom stereocenters. The van der Waals surface area contributed by atoms with Crippen LogP contribution < -0.4 is 0 Å². The molecule has 1 aromatic heterocycles. The number of aryl methyl sites for hydroxylation is 1. The normalized spacial score (nSPS) is 14.1. The molecule has 2 N–H and O–H groups in total. The molecule has 0 aliphatic heterocycles.